The van der Waals surface area contributed by atoms with Crippen molar-refractivity contribution >= 4 is 29.9 Å². The molecule has 1 aliphatic heterocycles. The Morgan fingerprint density at radius 2 is 1.69 bits per heavy atom. The summed E-state index contributed by atoms with van der Waals surface area (Å²) >= 11 is 0. The van der Waals surface area contributed by atoms with E-state index >= 15 is 0 Å². The molecule has 0 spiro atoms. The Morgan fingerprint density at radius 1 is 1.06 bits per heavy atom. The number of guanidine groups is 1. The summed E-state index contributed by atoms with van der Waals surface area (Å²) < 4.78 is 44.2. The van der Waals surface area contributed by atoms with Crippen molar-refractivity contribution in [3.05, 3.63) is 70.8 Å². The van der Waals surface area contributed by atoms with Crippen molar-refractivity contribution in [1.82, 2.24) is 15.5 Å². The number of rotatable bonds is 6. The minimum Gasteiger partial charge on any atom is -0.376 e. The van der Waals surface area contributed by atoms with Crippen molar-refractivity contribution in [2.75, 3.05) is 26.7 Å². The van der Waals surface area contributed by atoms with E-state index in [0.29, 0.717) is 18.1 Å². The van der Waals surface area contributed by atoms with Gasteiger partial charge in [-0.25, -0.2) is 0 Å². The van der Waals surface area contributed by atoms with E-state index in [-0.39, 0.29) is 36.6 Å². The largest absolute Gasteiger partial charge is 0.416 e. The minimum absolute atomic E-state index is 0. The van der Waals surface area contributed by atoms with Gasteiger partial charge in [-0.2, -0.15) is 13.2 Å². The zero-order valence-corrected chi connectivity index (χ0v) is 20.6. The molecular weight excluding hydrogens is 532 g/mol. The first kappa shape index (κ1) is 26.4. The van der Waals surface area contributed by atoms with Gasteiger partial charge in [0.15, 0.2) is 5.96 Å². The molecule has 176 valence electrons. The molecular formula is C23H30F3IN4O. The fraction of sp³-hybridized carbons (Fsp3) is 0.435. The third-order valence-corrected chi connectivity index (χ3v) is 5.12. The van der Waals surface area contributed by atoms with Crippen LogP contribution in [-0.4, -0.2) is 43.7 Å². The van der Waals surface area contributed by atoms with Crippen LogP contribution < -0.4 is 10.6 Å². The van der Waals surface area contributed by atoms with Gasteiger partial charge in [0.1, 0.15) is 0 Å². The molecule has 0 amide bonds. The summed E-state index contributed by atoms with van der Waals surface area (Å²) in [6.45, 7) is 6.40. The summed E-state index contributed by atoms with van der Waals surface area (Å²) in [7, 11) is 1.64. The molecule has 1 aliphatic rings. The van der Waals surface area contributed by atoms with Crippen LogP contribution in [0.15, 0.2) is 53.5 Å². The van der Waals surface area contributed by atoms with E-state index in [9.17, 15) is 13.2 Å². The molecule has 0 aromatic heterocycles. The van der Waals surface area contributed by atoms with Gasteiger partial charge in [-0.1, -0.05) is 36.4 Å². The number of hydrogen-bond acceptors (Lipinski definition) is 3. The maximum Gasteiger partial charge on any atom is 0.416 e. The van der Waals surface area contributed by atoms with Crippen molar-refractivity contribution < 1.29 is 17.9 Å². The van der Waals surface area contributed by atoms with Crippen molar-refractivity contribution in [3.63, 3.8) is 0 Å². The molecule has 1 saturated heterocycles. The molecule has 0 saturated carbocycles. The Kier molecular flexibility index (Phi) is 10.2. The summed E-state index contributed by atoms with van der Waals surface area (Å²) in [4.78, 5) is 6.55. The number of nitrogens with zero attached hydrogens (tertiary/aromatic N) is 2. The van der Waals surface area contributed by atoms with Crippen LogP contribution in [0.5, 0.6) is 0 Å². The molecule has 5 nitrogen and oxygen atoms in total. The average Bonchev–Trinajstić information content (AvgIpc) is 2.74. The Morgan fingerprint density at radius 3 is 2.31 bits per heavy atom. The topological polar surface area (TPSA) is 48.9 Å². The van der Waals surface area contributed by atoms with Gasteiger partial charge in [0, 0.05) is 39.8 Å². The molecule has 0 aliphatic carbocycles. The molecule has 2 aromatic carbocycles. The average molecular weight is 562 g/mol. The predicted octanol–water partition coefficient (Wildman–Crippen LogP) is 4.41. The quantitative estimate of drug-likeness (QED) is 0.311. The van der Waals surface area contributed by atoms with Crippen molar-refractivity contribution in [1.29, 1.82) is 0 Å². The first-order valence-corrected chi connectivity index (χ1v) is 10.4. The van der Waals surface area contributed by atoms with Crippen molar-refractivity contribution in [3.8, 4) is 0 Å². The molecule has 32 heavy (non-hydrogen) atoms. The highest BCUT2D eigenvalue weighted by Crippen LogP contribution is 2.29. The van der Waals surface area contributed by atoms with Crippen LogP contribution >= 0.6 is 24.0 Å². The Labute approximate surface area is 204 Å². The van der Waals surface area contributed by atoms with E-state index in [2.05, 4.69) is 39.6 Å². The van der Waals surface area contributed by atoms with E-state index in [0.717, 1.165) is 43.9 Å². The second-order valence-electron chi connectivity index (χ2n) is 7.71. The number of ether oxygens (including phenoxy) is 1. The minimum atomic E-state index is -4.35. The molecule has 9 heteroatoms. The van der Waals surface area contributed by atoms with Gasteiger partial charge in [0.05, 0.1) is 18.3 Å². The zero-order chi connectivity index (χ0) is 22.3. The Bertz CT molecular complexity index is 892. The molecule has 1 heterocycles. The SMILES string of the molecule is CN=C(NCc1cccc(CN2CCOC(C)C2)c1)NCc1cccc(C(F)(F)F)c1.I. The first-order valence-electron chi connectivity index (χ1n) is 10.4. The van der Waals surface area contributed by atoms with E-state index in [4.69, 9.17) is 4.74 Å². The fourth-order valence-corrected chi connectivity index (χ4v) is 3.58. The number of benzene rings is 2. The summed E-state index contributed by atoms with van der Waals surface area (Å²) in [5, 5.41) is 6.29. The van der Waals surface area contributed by atoms with Crippen LogP contribution in [0.25, 0.3) is 0 Å². The number of hydrogen-bond donors (Lipinski definition) is 2. The lowest BCUT2D eigenvalue weighted by molar-refractivity contribution is -0.137. The number of aliphatic imine (C=N–C) groups is 1. The van der Waals surface area contributed by atoms with Crippen LogP contribution in [0.1, 0.15) is 29.2 Å². The maximum atomic E-state index is 12.9. The van der Waals surface area contributed by atoms with Crippen LogP contribution in [0, 0.1) is 0 Å². The van der Waals surface area contributed by atoms with Gasteiger partial charge in [-0.05, 0) is 35.7 Å². The third kappa shape index (κ3) is 8.25. The van der Waals surface area contributed by atoms with E-state index in [1.54, 1.807) is 13.1 Å². The molecule has 2 aromatic rings. The van der Waals surface area contributed by atoms with Gasteiger partial charge < -0.3 is 15.4 Å². The number of halogens is 4. The fourth-order valence-electron chi connectivity index (χ4n) is 3.58. The van der Waals surface area contributed by atoms with Gasteiger partial charge in [-0.3, -0.25) is 9.89 Å². The van der Waals surface area contributed by atoms with Crippen molar-refractivity contribution in [2.24, 2.45) is 4.99 Å². The third-order valence-electron chi connectivity index (χ3n) is 5.12. The summed E-state index contributed by atoms with van der Waals surface area (Å²) in [5.74, 6) is 0.532. The number of nitrogens with one attached hydrogen (secondary N) is 2. The lowest BCUT2D eigenvalue weighted by atomic mass is 10.1. The van der Waals surface area contributed by atoms with Gasteiger partial charge in [0.2, 0.25) is 0 Å². The second-order valence-corrected chi connectivity index (χ2v) is 7.71. The summed E-state index contributed by atoms with van der Waals surface area (Å²) in [6.07, 6.45) is -4.09. The standard InChI is InChI=1S/C23H29F3N4O.HI/c1-17-15-30(9-10-31-17)16-20-7-3-5-18(11-20)13-28-22(27-2)29-14-19-6-4-8-21(12-19)23(24,25)26;/h3-8,11-12,17H,9-10,13-16H2,1-2H3,(H2,27,28,29);1H. The van der Waals surface area contributed by atoms with Crippen LogP contribution in [0.3, 0.4) is 0 Å². The molecule has 0 bridgehead atoms. The molecule has 1 fully saturated rings. The van der Waals surface area contributed by atoms with Crippen LogP contribution in [0.4, 0.5) is 13.2 Å². The molecule has 1 atom stereocenters. The van der Waals surface area contributed by atoms with Gasteiger partial charge in [0.25, 0.3) is 0 Å². The maximum absolute atomic E-state index is 12.9. The first-order chi connectivity index (χ1) is 14.8. The van der Waals surface area contributed by atoms with Crippen molar-refractivity contribution in [2.45, 2.75) is 38.8 Å². The van der Waals surface area contributed by atoms with E-state index in [1.807, 2.05) is 12.1 Å². The highest BCUT2D eigenvalue weighted by Gasteiger charge is 2.30. The monoisotopic (exact) mass is 562 g/mol. The Hall–Kier alpha value is -1.85. The summed E-state index contributed by atoms with van der Waals surface area (Å²) in [5.41, 5.74) is 2.24. The second kappa shape index (κ2) is 12.4. The van der Waals surface area contributed by atoms with Crippen LogP contribution in [0.2, 0.25) is 0 Å². The van der Waals surface area contributed by atoms with Gasteiger partial charge in [-0.15, -0.1) is 24.0 Å². The summed E-state index contributed by atoms with van der Waals surface area (Å²) in [6, 6.07) is 13.6. The number of morpholine rings is 1. The van der Waals surface area contributed by atoms with Gasteiger partial charge >= 0.3 is 6.18 Å². The molecule has 1 unspecified atom stereocenters. The lowest BCUT2D eigenvalue weighted by Crippen LogP contribution is -2.40. The zero-order valence-electron chi connectivity index (χ0n) is 18.3. The smallest absolute Gasteiger partial charge is 0.376 e. The normalized spacial score (nSPS) is 17.5. The highest BCUT2D eigenvalue weighted by molar-refractivity contribution is 14.0. The predicted molar refractivity (Wildman–Crippen MR) is 131 cm³/mol. The highest BCUT2D eigenvalue weighted by atomic mass is 127. The van der Waals surface area contributed by atoms with E-state index < -0.39 is 11.7 Å². The Balaban J connectivity index is 0.00000363. The lowest BCUT2D eigenvalue weighted by Gasteiger charge is -2.31. The van der Waals surface area contributed by atoms with E-state index in [1.165, 1.54) is 11.6 Å². The molecule has 3 rings (SSSR count). The molecule has 2 N–H and O–H groups in total. The van der Waals surface area contributed by atoms with Crippen LogP contribution in [-0.2, 0) is 30.5 Å². The molecule has 0 radical (unpaired) electrons. The number of alkyl halides is 3.